The quantitative estimate of drug-likeness (QED) is 0.792. The van der Waals surface area contributed by atoms with Crippen molar-refractivity contribution >= 4 is 11.2 Å². The lowest BCUT2D eigenvalue weighted by molar-refractivity contribution is 0.187. The van der Waals surface area contributed by atoms with Crippen molar-refractivity contribution in [2.24, 2.45) is 5.73 Å². The first kappa shape index (κ1) is 10.1. The van der Waals surface area contributed by atoms with Gasteiger partial charge in [-0.1, -0.05) is 0 Å². The third-order valence-electron chi connectivity index (χ3n) is 2.28. The van der Waals surface area contributed by atoms with Crippen LogP contribution in [0, 0.1) is 0 Å². The number of nitrogens with zero attached hydrogens (tertiary/aromatic N) is 3. The van der Waals surface area contributed by atoms with E-state index in [1.165, 1.54) is 0 Å². The molecule has 0 spiro atoms. The van der Waals surface area contributed by atoms with Gasteiger partial charge in [-0.15, -0.1) is 0 Å². The fourth-order valence-electron chi connectivity index (χ4n) is 1.58. The molecule has 0 aliphatic rings. The molecule has 0 amide bonds. The molecule has 0 atom stereocenters. The fraction of sp³-hybridized carbons (Fsp3) is 0.400. The van der Waals surface area contributed by atoms with Crippen molar-refractivity contribution in [2.45, 2.75) is 13.1 Å². The topological polar surface area (TPSA) is 66.0 Å². The fourth-order valence-corrected chi connectivity index (χ4v) is 1.58. The number of hydrogen-bond acceptors (Lipinski definition) is 4. The summed E-state index contributed by atoms with van der Waals surface area (Å²) >= 11 is 0. The van der Waals surface area contributed by atoms with Crippen molar-refractivity contribution in [3.05, 3.63) is 24.2 Å². The molecule has 0 aliphatic heterocycles. The van der Waals surface area contributed by atoms with E-state index < -0.39 is 0 Å². The second-order valence-electron chi connectivity index (χ2n) is 3.22. The first-order chi connectivity index (χ1) is 7.36. The van der Waals surface area contributed by atoms with Crippen LogP contribution in [0.25, 0.3) is 11.2 Å². The summed E-state index contributed by atoms with van der Waals surface area (Å²) in [5, 5.41) is 0. The molecule has 2 aromatic rings. The highest BCUT2D eigenvalue weighted by atomic mass is 16.5. The molecule has 15 heavy (non-hydrogen) atoms. The maximum Gasteiger partial charge on any atom is 0.160 e. The molecule has 5 nitrogen and oxygen atoms in total. The number of pyridine rings is 1. The van der Waals surface area contributed by atoms with Gasteiger partial charge in [0, 0.05) is 19.9 Å². The number of methoxy groups -OCH3 is 1. The highest BCUT2D eigenvalue weighted by molar-refractivity contribution is 5.71. The van der Waals surface area contributed by atoms with Crippen LogP contribution in [-0.2, 0) is 17.8 Å². The van der Waals surface area contributed by atoms with Crippen molar-refractivity contribution in [3.8, 4) is 0 Å². The highest BCUT2D eigenvalue weighted by Crippen LogP contribution is 2.12. The summed E-state index contributed by atoms with van der Waals surface area (Å²) in [5.41, 5.74) is 7.39. The van der Waals surface area contributed by atoms with Gasteiger partial charge in [0.2, 0.25) is 0 Å². The molecule has 5 heteroatoms. The Kier molecular flexibility index (Phi) is 2.94. The highest BCUT2D eigenvalue weighted by Gasteiger charge is 2.09. The summed E-state index contributed by atoms with van der Waals surface area (Å²) in [6.45, 7) is 1.78. The molecule has 0 fully saturated rings. The number of imidazole rings is 1. The Labute approximate surface area is 87.9 Å². The molecule has 0 aromatic carbocycles. The summed E-state index contributed by atoms with van der Waals surface area (Å²) < 4.78 is 7.05. The van der Waals surface area contributed by atoms with E-state index in [0.717, 1.165) is 23.5 Å². The minimum absolute atomic E-state index is 0.417. The van der Waals surface area contributed by atoms with Gasteiger partial charge in [-0.3, -0.25) is 0 Å². The Balaban J connectivity index is 2.47. The molecule has 80 valence electrons. The van der Waals surface area contributed by atoms with E-state index in [4.69, 9.17) is 10.5 Å². The summed E-state index contributed by atoms with van der Waals surface area (Å²) in [6.07, 6.45) is 1.76. The number of aromatic nitrogens is 3. The zero-order valence-electron chi connectivity index (χ0n) is 8.68. The largest absolute Gasteiger partial charge is 0.383 e. The van der Waals surface area contributed by atoms with Crippen LogP contribution < -0.4 is 5.73 Å². The van der Waals surface area contributed by atoms with Crippen LogP contribution in [0.3, 0.4) is 0 Å². The van der Waals surface area contributed by atoms with Crippen molar-refractivity contribution in [1.29, 1.82) is 0 Å². The predicted octanol–water partition coefficient (Wildman–Crippen LogP) is 0.536. The first-order valence-corrected chi connectivity index (χ1v) is 4.86. The number of fused-ring (bicyclic) bond motifs is 1. The molecule has 2 aromatic heterocycles. The minimum Gasteiger partial charge on any atom is -0.383 e. The first-order valence-electron chi connectivity index (χ1n) is 4.86. The van der Waals surface area contributed by atoms with Gasteiger partial charge in [0.15, 0.2) is 5.65 Å². The Hall–Kier alpha value is -1.46. The van der Waals surface area contributed by atoms with E-state index >= 15 is 0 Å². The molecule has 0 bridgehead atoms. The molecular weight excluding hydrogens is 192 g/mol. The van der Waals surface area contributed by atoms with E-state index in [1.54, 1.807) is 13.3 Å². The molecule has 0 saturated heterocycles. The van der Waals surface area contributed by atoms with Gasteiger partial charge in [-0.25, -0.2) is 9.97 Å². The molecule has 0 radical (unpaired) electrons. The number of rotatable bonds is 4. The van der Waals surface area contributed by atoms with Gasteiger partial charge in [-0.05, 0) is 12.1 Å². The van der Waals surface area contributed by atoms with Crippen LogP contribution in [0.1, 0.15) is 5.82 Å². The molecular formula is C10H14N4O. The van der Waals surface area contributed by atoms with E-state index in [0.29, 0.717) is 13.2 Å². The molecule has 2 rings (SSSR count). The maximum absolute atomic E-state index is 5.63. The number of hydrogen-bond donors (Lipinski definition) is 1. The Morgan fingerprint density at radius 1 is 1.53 bits per heavy atom. The smallest absolute Gasteiger partial charge is 0.160 e. The third-order valence-corrected chi connectivity index (χ3v) is 2.28. The standard InChI is InChI=1S/C10H14N4O/c1-15-6-5-14-9(7-11)13-8-3-2-4-12-10(8)14/h2-4H,5-7,11H2,1H3. The van der Waals surface area contributed by atoms with E-state index in [2.05, 4.69) is 9.97 Å². The van der Waals surface area contributed by atoms with Crippen LogP contribution in [0.15, 0.2) is 18.3 Å². The normalized spacial score (nSPS) is 11.1. The van der Waals surface area contributed by atoms with Crippen molar-refractivity contribution in [1.82, 2.24) is 14.5 Å². The van der Waals surface area contributed by atoms with Gasteiger partial charge >= 0.3 is 0 Å². The van der Waals surface area contributed by atoms with Crippen LogP contribution in [0.5, 0.6) is 0 Å². The predicted molar refractivity (Wildman–Crippen MR) is 57.3 cm³/mol. The van der Waals surface area contributed by atoms with Crippen LogP contribution in [-0.4, -0.2) is 28.3 Å². The second-order valence-corrected chi connectivity index (χ2v) is 3.22. The number of nitrogens with two attached hydrogens (primary N) is 1. The lowest BCUT2D eigenvalue weighted by atomic mass is 10.4. The van der Waals surface area contributed by atoms with Crippen molar-refractivity contribution < 1.29 is 4.74 Å². The SMILES string of the molecule is COCCn1c(CN)nc2cccnc21. The lowest BCUT2D eigenvalue weighted by Crippen LogP contribution is -2.11. The van der Waals surface area contributed by atoms with Gasteiger partial charge < -0.3 is 15.0 Å². The van der Waals surface area contributed by atoms with E-state index in [1.807, 2.05) is 16.7 Å². The zero-order valence-corrected chi connectivity index (χ0v) is 8.68. The summed E-state index contributed by atoms with van der Waals surface area (Å²) in [5.74, 6) is 0.848. The third kappa shape index (κ3) is 1.84. The van der Waals surface area contributed by atoms with Gasteiger partial charge in [0.25, 0.3) is 0 Å². The summed E-state index contributed by atoms with van der Waals surface area (Å²) in [7, 11) is 1.68. The van der Waals surface area contributed by atoms with Gasteiger partial charge in [0.05, 0.1) is 13.2 Å². The Morgan fingerprint density at radius 2 is 2.40 bits per heavy atom. The van der Waals surface area contributed by atoms with Crippen molar-refractivity contribution in [2.75, 3.05) is 13.7 Å². The summed E-state index contributed by atoms with van der Waals surface area (Å²) in [4.78, 5) is 8.70. The van der Waals surface area contributed by atoms with Crippen molar-refractivity contribution in [3.63, 3.8) is 0 Å². The monoisotopic (exact) mass is 206 g/mol. The Bertz CT molecular complexity index is 452. The van der Waals surface area contributed by atoms with Crippen LogP contribution in [0.4, 0.5) is 0 Å². The molecule has 0 saturated carbocycles. The zero-order chi connectivity index (χ0) is 10.7. The maximum atomic E-state index is 5.63. The molecule has 2 heterocycles. The van der Waals surface area contributed by atoms with E-state index in [9.17, 15) is 0 Å². The van der Waals surface area contributed by atoms with Crippen LogP contribution >= 0.6 is 0 Å². The molecule has 0 unspecified atom stereocenters. The molecule has 2 N–H and O–H groups in total. The lowest BCUT2D eigenvalue weighted by Gasteiger charge is -2.05. The minimum atomic E-state index is 0.417. The summed E-state index contributed by atoms with van der Waals surface area (Å²) in [6, 6.07) is 3.81. The molecule has 0 aliphatic carbocycles. The van der Waals surface area contributed by atoms with Crippen LogP contribution in [0.2, 0.25) is 0 Å². The average molecular weight is 206 g/mol. The second kappa shape index (κ2) is 4.37. The number of ether oxygens (including phenoxy) is 1. The Morgan fingerprint density at radius 3 is 3.13 bits per heavy atom. The van der Waals surface area contributed by atoms with E-state index in [-0.39, 0.29) is 0 Å². The average Bonchev–Trinajstić information content (AvgIpc) is 2.64. The van der Waals surface area contributed by atoms with Gasteiger partial charge in [0.1, 0.15) is 11.3 Å². The van der Waals surface area contributed by atoms with Gasteiger partial charge in [-0.2, -0.15) is 0 Å².